The van der Waals surface area contributed by atoms with Crippen LogP contribution in [-0.2, 0) is 4.74 Å². The lowest BCUT2D eigenvalue weighted by Gasteiger charge is -2.39. The molecule has 2 fully saturated rings. The van der Waals surface area contributed by atoms with E-state index in [2.05, 4.69) is 10.3 Å². The van der Waals surface area contributed by atoms with Gasteiger partial charge >= 0.3 is 0 Å². The fourth-order valence-corrected chi connectivity index (χ4v) is 3.58. The molecule has 1 N–H and O–H groups in total. The molecule has 134 valence electrons. The molecule has 0 aliphatic carbocycles. The summed E-state index contributed by atoms with van der Waals surface area (Å²) in [6.45, 7) is 2.04. The van der Waals surface area contributed by atoms with E-state index < -0.39 is 24.7 Å². The molecule has 6 heteroatoms. The molecule has 25 heavy (non-hydrogen) atoms. The molecule has 0 bridgehead atoms. The maximum absolute atomic E-state index is 15.0. The number of hydrogen-bond acceptors (Lipinski definition) is 4. The highest BCUT2D eigenvalue weighted by atomic mass is 19.1. The van der Waals surface area contributed by atoms with Gasteiger partial charge in [0, 0.05) is 43.0 Å². The third-order valence-corrected chi connectivity index (χ3v) is 4.98. The number of piperidine rings is 1. The first-order valence-corrected chi connectivity index (χ1v) is 8.68. The summed E-state index contributed by atoms with van der Waals surface area (Å²) < 4.78 is 51.5. The molecule has 1 aromatic rings. The number of benzene rings is 1. The number of hydrogen-bond donors (Lipinski definition) is 1. The van der Waals surface area contributed by atoms with Gasteiger partial charge < -0.3 is 15.0 Å². The largest absolute Gasteiger partial charge is 0.381 e. The summed E-state index contributed by atoms with van der Waals surface area (Å²) in [6.07, 6.45) is 0.188. The first-order valence-electron chi connectivity index (χ1n) is 9.76. The molecule has 1 unspecified atom stereocenters. The monoisotopic (exact) mass is 349 g/mol. The fourth-order valence-electron chi connectivity index (χ4n) is 3.58. The number of ether oxygens (including phenoxy) is 1. The Balaban J connectivity index is 1.63. The average Bonchev–Trinajstić information content (AvgIpc) is 2.65. The van der Waals surface area contributed by atoms with Gasteiger partial charge in [-0.05, 0) is 25.8 Å². The van der Waals surface area contributed by atoms with Crippen LogP contribution in [0.1, 0.15) is 39.2 Å². The van der Waals surface area contributed by atoms with Gasteiger partial charge in [0.25, 0.3) is 0 Å². The zero-order chi connectivity index (χ0) is 19.1. The number of fused-ring (bicyclic) bond motifs is 1. The number of nitrogens with one attached hydrogen (secondary N) is 1. The van der Waals surface area contributed by atoms with Crippen LogP contribution in [0.5, 0.6) is 0 Å². The van der Waals surface area contributed by atoms with Gasteiger partial charge in [-0.25, -0.2) is 13.8 Å². The molecule has 0 amide bonds. The summed E-state index contributed by atoms with van der Waals surface area (Å²) in [4.78, 5) is 6.01. The van der Waals surface area contributed by atoms with Crippen molar-refractivity contribution in [2.24, 2.45) is 4.99 Å². The van der Waals surface area contributed by atoms with Crippen LogP contribution in [0.25, 0.3) is 0 Å². The predicted octanol–water partition coefficient (Wildman–Crippen LogP) is 3.24. The zero-order valence-corrected chi connectivity index (χ0v) is 14.1. The van der Waals surface area contributed by atoms with Gasteiger partial charge in [0.15, 0.2) is 0 Å². The highest BCUT2D eigenvalue weighted by Gasteiger charge is 2.35. The van der Waals surface area contributed by atoms with E-state index in [9.17, 15) is 8.78 Å². The number of rotatable bonds is 2. The topological polar surface area (TPSA) is 36.9 Å². The quantitative estimate of drug-likeness (QED) is 0.891. The second-order valence-electron chi connectivity index (χ2n) is 6.80. The number of nitrogens with zero attached hydrogens (tertiary/aromatic N) is 2. The third-order valence-electron chi connectivity index (χ3n) is 4.98. The molecule has 2 saturated heterocycles. The van der Waals surface area contributed by atoms with Gasteiger partial charge in [-0.2, -0.15) is 0 Å². The molecule has 3 heterocycles. The standard InChI is InChI=1S/C19H23F2N3O/c1-12-2-3-16(20)15(8-12)18-17(21)9-13-10-24(11-22-19(13)23-18)14-4-6-25-7-5-14/h2-3,8,10,14,17-18H,4-7,9,11H2,1H3,(H,22,23)/t17-,18-/m0/s1/i10D,11D/t11?,17-,18-. The number of aliphatic imine (C=N–C) groups is 1. The Kier molecular flexibility index (Phi) is 3.84. The predicted molar refractivity (Wildman–Crippen MR) is 92.6 cm³/mol. The highest BCUT2D eigenvalue weighted by Crippen LogP contribution is 2.33. The first kappa shape index (κ1) is 14.2. The fraction of sp³-hybridized carbons (Fsp3) is 0.526. The summed E-state index contributed by atoms with van der Waals surface area (Å²) in [5.41, 5.74) is 1.56. The van der Waals surface area contributed by atoms with Crippen LogP contribution >= 0.6 is 0 Å². The maximum atomic E-state index is 15.0. The van der Waals surface area contributed by atoms with Gasteiger partial charge in [-0.3, -0.25) is 0 Å². The molecule has 3 atom stereocenters. The smallest absolute Gasteiger partial charge is 0.129 e. The van der Waals surface area contributed by atoms with Crippen LogP contribution in [0.4, 0.5) is 8.78 Å². The maximum Gasteiger partial charge on any atom is 0.129 e. The zero-order valence-electron chi connectivity index (χ0n) is 16.1. The summed E-state index contributed by atoms with van der Waals surface area (Å²) in [6, 6.07) is 3.74. The molecule has 1 aromatic carbocycles. The minimum Gasteiger partial charge on any atom is -0.381 e. The van der Waals surface area contributed by atoms with Crippen LogP contribution in [-0.4, -0.2) is 42.8 Å². The van der Waals surface area contributed by atoms with Crippen molar-refractivity contribution in [3.05, 3.63) is 46.9 Å². The van der Waals surface area contributed by atoms with Gasteiger partial charge in [0.1, 0.15) is 24.5 Å². The van der Waals surface area contributed by atoms with Crippen molar-refractivity contribution >= 4 is 5.84 Å². The number of halogens is 2. The van der Waals surface area contributed by atoms with E-state index in [-0.39, 0.29) is 24.2 Å². The molecule has 4 rings (SSSR count). The first-order chi connectivity index (χ1) is 13.0. The van der Waals surface area contributed by atoms with Crippen molar-refractivity contribution in [2.75, 3.05) is 19.9 Å². The molecule has 0 saturated carbocycles. The van der Waals surface area contributed by atoms with Crippen molar-refractivity contribution in [3.63, 3.8) is 0 Å². The molecule has 3 aliphatic rings. The van der Waals surface area contributed by atoms with Crippen molar-refractivity contribution in [1.29, 1.82) is 0 Å². The van der Waals surface area contributed by atoms with Crippen molar-refractivity contribution < 1.29 is 16.3 Å². The lowest BCUT2D eigenvalue weighted by atomic mass is 9.90. The van der Waals surface area contributed by atoms with E-state index in [0.29, 0.717) is 24.6 Å². The van der Waals surface area contributed by atoms with Crippen LogP contribution in [0, 0.1) is 12.7 Å². The number of aryl methyl sites for hydroxylation is 1. The second kappa shape index (κ2) is 6.75. The van der Waals surface area contributed by atoms with E-state index in [1.807, 2.05) is 6.92 Å². The number of amidine groups is 1. The van der Waals surface area contributed by atoms with Gasteiger partial charge in [-0.1, -0.05) is 17.7 Å². The molecule has 4 nitrogen and oxygen atoms in total. The molecule has 0 spiro atoms. The lowest BCUT2D eigenvalue weighted by Crippen LogP contribution is -2.46. The van der Waals surface area contributed by atoms with Crippen LogP contribution in [0.2, 0.25) is 0 Å². The average molecular weight is 349 g/mol. The van der Waals surface area contributed by atoms with E-state index in [1.165, 1.54) is 6.07 Å². The molecule has 0 radical (unpaired) electrons. The van der Waals surface area contributed by atoms with E-state index in [4.69, 9.17) is 7.48 Å². The molecule has 3 aliphatic heterocycles. The Labute approximate surface area is 149 Å². The Hall–Kier alpha value is -1.95. The van der Waals surface area contributed by atoms with E-state index in [0.717, 1.165) is 18.4 Å². The minimum atomic E-state index is -1.38. The van der Waals surface area contributed by atoms with Crippen LogP contribution in [0.3, 0.4) is 0 Å². The van der Waals surface area contributed by atoms with Gasteiger partial charge in [0.2, 0.25) is 0 Å². The highest BCUT2D eigenvalue weighted by molar-refractivity contribution is 6.00. The normalized spacial score (nSPS) is 31.7. The van der Waals surface area contributed by atoms with Crippen molar-refractivity contribution in [1.82, 2.24) is 10.2 Å². The summed E-state index contributed by atoms with van der Waals surface area (Å²) in [5, 5.41) is 2.96. The Morgan fingerprint density at radius 1 is 1.40 bits per heavy atom. The van der Waals surface area contributed by atoms with Crippen molar-refractivity contribution in [3.8, 4) is 0 Å². The Morgan fingerprint density at radius 2 is 2.20 bits per heavy atom. The van der Waals surface area contributed by atoms with Crippen molar-refractivity contribution in [2.45, 2.75) is 44.4 Å². The SMILES string of the molecule is [2H]C1=C2C[C@H](F)[C@H](c3cc(C)ccc3F)NC2=NC([2H])N1C1CCOCC1. The lowest BCUT2D eigenvalue weighted by molar-refractivity contribution is 0.0493. The van der Waals surface area contributed by atoms with Gasteiger partial charge in [0.05, 0.1) is 8.78 Å². The molecular weight excluding hydrogens is 324 g/mol. The molecule has 0 aromatic heterocycles. The summed E-state index contributed by atoms with van der Waals surface area (Å²) in [7, 11) is 0. The summed E-state index contributed by atoms with van der Waals surface area (Å²) >= 11 is 0. The molecular formula is C19H23F2N3O. The van der Waals surface area contributed by atoms with E-state index >= 15 is 0 Å². The van der Waals surface area contributed by atoms with E-state index in [1.54, 1.807) is 17.0 Å². The Morgan fingerprint density at radius 3 is 3.00 bits per heavy atom. The number of alkyl halides is 1. The third kappa shape index (κ3) is 3.27. The Bertz CT molecular complexity index is 795. The second-order valence-corrected chi connectivity index (χ2v) is 6.80. The summed E-state index contributed by atoms with van der Waals surface area (Å²) in [5.74, 6) is -0.134. The van der Waals surface area contributed by atoms with Crippen LogP contribution < -0.4 is 5.32 Å². The van der Waals surface area contributed by atoms with Crippen LogP contribution in [0.15, 0.2) is 34.9 Å². The van der Waals surface area contributed by atoms with Gasteiger partial charge in [-0.15, -0.1) is 0 Å². The minimum absolute atomic E-state index is 0.00319.